The number of thiophene rings is 1. The maximum absolute atomic E-state index is 13.0. The minimum Gasteiger partial charge on any atom is -0.493 e. The molecule has 2 amide bonds. The van der Waals surface area contributed by atoms with Crippen molar-refractivity contribution < 1.29 is 23.8 Å². The zero-order chi connectivity index (χ0) is 28.7. The fraction of sp³-hybridized carbons (Fsp3) is 0.194. The van der Waals surface area contributed by atoms with Gasteiger partial charge in [0.05, 0.1) is 25.6 Å². The van der Waals surface area contributed by atoms with Crippen LogP contribution in [0.15, 0.2) is 84.4 Å². The molecule has 0 aliphatic carbocycles. The number of hydrogen-bond donors (Lipinski definition) is 1. The normalized spacial score (nSPS) is 11.2. The summed E-state index contributed by atoms with van der Waals surface area (Å²) in [5, 5.41) is 3.11. The summed E-state index contributed by atoms with van der Waals surface area (Å²) in [5.74, 6) is 0.742. The van der Waals surface area contributed by atoms with Crippen LogP contribution in [0, 0.1) is 0 Å². The Morgan fingerprint density at radius 2 is 1.65 bits per heavy atom. The first kappa shape index (κ1) is 28.4. The molecule has 0 unspecified atom stereocenters. The minimum atomic E-state index is -0.742. The van der Waals surface area contributed by atoms with Gasteiger partial charge < -0.3 is 14.2 Å². The Kier molecular flexibility index (Phi) is 8.86. The zero-order valence-corrected chi connectivity index (χ0v) is 23.8. The van der Waals surface area contributed by atoms with E-state index in [1.165, 1.54) is 6.08 Å². The highest BCUT2D eigenvalue weighted by Gasteiger charge is 2.25. The first-order valence-corrected chi connectivity index (χ1v) is 13.4. The molecule has 0 spiro atoms. The lowest BCUT2D eigenvalue weighted by atomic mass is 10.1. The Bertz CT molecular complexity index is 1480. The monoisotopic (exact) mass is 557 g/mol. The molecule has 4 rings (SSSR count). The zero-order valence-electron chi connectivity index (χ0n) is 23.0. The van der Waals surface area contributed by atoms with Crippen molar-refractivity contribution in [1.82, 2.24) is 10.4 Å². The van der Waals surface area contributed by atoms with Crippen molar-refractivity contribution >= 4 is 35.1 Å². The van der Waals surface area contributed by atoms with Gasteiger partial charge in [0, 0.05) is 22.7 Å². The first-order valence-electron chi connectivity index (χ1n) is 12.5. The van der Waals surface area contributed by atoms with E-state index in [0.29, 0.717) is 22.7 Å². The lowest BCUT2D eigenvalue weighted by Gasteiger charge is -2.27. The number of amides is 2. The summed E-state index contributed by atoms with van der Waals surface area (Å²) in [5.41, 5.74) is 5.69. The highest BCUT2D eigenvalue weighted by atomic mass is 32.1. The van der Waals surface area contributed by atoms with Crippen LogP contribution in [0.2, 0.25) is 0 Å². The van der Waals surface area contributed by atoms with Crippen LogP contribution < -0.4 is 19.9 Å². The van der Waals surface area contributed by atoms with Crippen LogP contribution in [-0.2, 0) is 9.53 Å². The number of carbonyl (C=O) groups is 2. The molecule has 4 aromatic rings. The molecule has 0 fully saturated rings. The van der Waals surface area contributed by atoms with Crippen LogP contribution in [0.1, 0.15) is 26.3 Å². The SMILES string of the molecule is COc1ccc(-c2ccc(C=CC(=O)NN(C(=O)OC(C)(C)C)c3ccc(-c4cccs4)cc3)cn2)cc1OC. The Labute approximate surface area is 237 Å². The van der Waals surface area contributed by atoms with Gasteiger partial charge in [-0.15, -0.1) is 11.3 Å². The number of anilines is 1. The highest BCUT2D eigenvalue weighted by Crippen LogP contribution is 2.31. The third-order valence-electron chi connectivity index (χ3n) is 5.62. The molecule has 0 saturated heterocycles. The molecule has 2 aromatic heterocycles. The summed E-state index contributed by atoms with van der Waals surface area (Å²) in [7, 11) is 3.17. The van der Waals surface area contributed by atoms with Gasteiger partial charge in [-0.05, 0) is 85.8 Å². The molecule has 206 valence electrons. The summed E-state index contributed by atoms with van der Waals surface area (Å²) in [6, 6.07) is 20.6. The number of methoxy groups -OCH3 is 2. The summed E-state index contributed by atoms with van der Waals surface area (Å²) < 4.78 is 16.2. The molecule has 0 saturated carbocycles. The maximum atomic E-state index is 13.0. The summed E-state index contributed by atoms with van der Waals surface area (Å²) >= 11 is 1.62. The Balaban J connectivity index is 1.48. The third-order valence-corrected chi connectivity index (χ3v) is 6.54. The van der Waals surface area contributed by atoms with E-state index < -0.39 is 17.6 Å². The molecular weight excluding hydrogens is 526 g/mol. The fourth-order valence-electron chi connectivity index (χ4n) is 3.73. The Hall–Kier alpha value is -4.63. The second-order valence-corrected chi connectivity index (χ2v) is 10.6. The van der Waals surface area contributed by atoms with Gasteiger partial charge in [0.25, 0.3) is 5.91 Å². The second kappa shape index (κ2) is 12.5. The topological polar surface area (TPSA) is 90.0 Å². The van der Waals surface area contributed by atoms with Crippen LogP contribution in [0.25, 0.3) is 27.8 Å². The lowest BCUT2D eigenvalue weighted by Crippen LogP contribution is -2.48. The average molecular weight is 558 g/mol. The number of ether oxygens (including phenoxy) is 3. The predicted molar refractivity (Wildman–Crippen MR) is 158 cm³/mol. The van der Waals surface area contributed by atoms with E-state index in [2.05, 4.69) is 10.4 Å². The number of benzene rings is 2. The smallest absolute Gasteiger partial charge is 0.434 e. The molecule has 0 radical (unpaired) electrons. The van der Waals surface area contributed by atoms with Gasteiger partial charge in [0.2, 0.25) is 0 Å². The number of pyridine rings is 1. The number of carbonyl (C=O) groups excluding carboxylic acids is 2. The van der Waals surface area contributed by atoms with Crippen molar-refractivity contribution in [3.63, 3.8) is 0 Å². The third kappa shape index (κ3) is 7.27. The van der Waals surface area contributed by atoms with E-state index >= 15 is 0 Å². The van der Waals surface area contributed by atoms with Gasteiger partial charge in [-0.3, -0.25) is 15.2 Å². The van der Waals surface area contributed by atoms with Crippen LogP contribution in [0.4, 0.5) is 10.5 Å². The summed E-state index contributed by atoms with van der Waals surface area (Å²) in [4.78, 5) is 31.4. The van der Waals surface area contributed by atoms with Crippen molar-refractivity contribution in [2.75, 3.05) is 19.2 Å². The van der Waals surface area contributed by atoms with E-state index in [0.717, 1.165) is 26.7 Å². The average Bonchev–Trinajstić information content (AvgIpc) is 3.49. The molecule has 2 aromatic carbocycles. The molecule has 0 aliphatic rings. The fourth-order valence-corrected chi connectivity index (χ4v) is 4.46. The quantitative estimate of drug-likeness (QED) is 0.195. The van der Waals surface area contributed by atoms with E-state index in [1.54, 1.807) is 70.7 Å². The first-order chi connectivity index (χ1) is 19.2. The molecule has 0 aliphatic heterocycles. The van der Waals surface area contributed by atoms with Crippen LogP contribution >= 0.6 is 11.3 Å². The molecule has 9 heteroatoms. The van der Waals surface area contributed by atoms with Crippen molar-refractivity contribution in [3.05, 3.63) is 89.9 Å². The van der Waals surface area contributed by atoms with Gasteiger partial charge in [-0.1, -0.05) is 24.3 Å². The van der Waals surface area contributed by atoms with E-state index in [4.69, 9.17) is 14.2 Å². The lowest BCUT2D eigenvalue weighted by molar-refractivity contribution is -0.116. The Morgan fingerprint density at radius 1 is 0.925 bits per heavy atom. The van der Waals surface area contributed by atoms with E-state index in [9.17, 15) is 9.59 Å². The molecule has 2 heterocycles. The summed E-state index contributed by atoms with van der Waals surface area (Å²) in [6.45, 7) is 5.30. The number of hydrazine groups is 1. The highest BCUT2D eigenvalue weighted by molar-refractivity contribution is 7.13. The standard InChI is InChI=1S/C31H31N3O5S/c1-31(2,3)39-30(36)34(24-13-10-22(11-14-24)28-7-6-18-40-28)33-29(35)17-9-21-8-15-25(32-20-21)23-12-16-26(37-4)27(19-23)38-5/h6-20H,1-5H3,(H,33,35). The molecule has 0 bridgehead atoms. The van der Waals surface area contributed by atoms with Crippen molar-refractivity contribution in [2.45, 2.75) is 26.4 Å². The molecular formula is C31H31N3O5S. The van der Waals surface area contributed by atoms with Crippen LogP contribution in [0.3, 0.4) is 0 Å². The number of rotatable bonds is 7. The van der Waals surface area contributed by atoms with Crippen molar-refractivity contribution in [2.24, 2.45) is 0 Å². The van der Waals surface area contributed by atoms with Crippen molar-refractivity contribution in [1.29, 1.82) is 0 Å². The van der Waals surface area contributed by atoms with E-state index in [1.807, 2.05) is 60.0 Å². The molecule has 40 heavy (non-hydrogen) atoms. The predicted octanol–water partition coefficient (Wildman–Crippen LogP) is 6.98. The molecule has 8 nitrogen and oxygen atoms in total. The molecule has 0 atom stereocenters. The largest absolute Gasteiger partial charge is 0.493 e. The van der Waals surface area contributed by atoms with Gasteiger partial charge in [-0.2, -0.15) is 5.01 Å². The number of nitrogens with zero attached hydrogens (tertiary/aromatic N) is 2. The Morgan fingerprint density at radius 3 is 2.25 bits per heavy atom. The van der Waals surface area contributed by atoms with Crippen molar-refractivity contribution in [3.8, 4) is 33.2 Å². The van der Waals surface area contributed by atoms with Gasteiger partial charge in [-0.25, -0.2) is 4.79 Å². The number of hydrogen-bond acceptors (Lipinski definition) is 7. The van der Waals surface area contributed by atoms with E-state index in [-0.39, 0.29) is 0 Å². The van der Waals surface area contributed by atoms with Crippen LogP contribution in [-0.4, -0.2) is 36.8 Å². The second-order valence-electron chi connectivity index (χ2n) is 9.70. The van der Waals surface area contributed by atoms with Gasteiger partial charge in [0.15, 0.2) is 11.5 Å². The maximum Gasteiger partial charge on any atom is 0.434 e. The van der Waals surface area contributed by atoms with Gasteiger partial charge >= 0.3 is 6.09 Å². The number of nitrogens with one attached hydrogen (secondary N) is 1. The van der Waals surface area contributed by atoms with Crippen LogP contribution in [0.5, 0.6) is 11.5 Å². The van der Waals surface area contributed by atoms with Gasteiger partial charge in [0.1, 0.15) is 5.60 Å². The molecule has 1 N–H and O–H groups in total. The number of aromatic nitrogens is 1. The summed E-state index contributed by atoms with van der Waals surface area (Å²) in [6.07, 6.45) is 3.92. The minimum absolute atomic E-state index is 0.470.